The summed E-state index contributed by atoms with van der Waals surface area (Å²) in [6.45, 7) is 0.274. The zero-order valence-corrected chi connectivity index (χ0v) is 11.9. The van der Waals surface area contributed by atoms with Gasteiger partial charge in [-0.25, -0.2) is 4.18 Å². The summed E-state index contributed by atoms with van der Waals surface area (Å²) in [5.41, 5.74) is 1.61. The van der Waals surface area contributed by atoms with Crippen molar-refractivity contribution in [3.8, 4) is 0 Å². The van der Waals surface area contributed by atoms with E-state index in [9.17, 15) is 8.42 Å². The lowest BCUT2D eigenvalue weighted by molar-refractivity contribution is -0.0886. The molecule has 0 heterocycles. The van der Waals surface area contributed by atoms with Crippen molar-refractivity contribution >= 4 is 10.1 Å². The minimum atomic E-state index is -3.60. The van der Waals surface area contributed by atoms with Gasteiger partial charge in [0.05, 0.1) is 12.9 Å². The van der Waals surface area contributed by atoms with E-state index in [1.807, 2.05) is 36.4 Å². The van der Waals surface area contributed by atoms with Crippen molar-refractivity contribution in [2.24, 2.45) is 0 Å². The van der Waals surface area contributed by atoms with E-state index in [0.29, 0.717) is 5.56 Å². The van der Waals surface area contributed by atoms with Gasteiger partial charge in [0.25, 0.3) is 10.1 Å². The summed E-state index contributed by atoms with van der Waals surface area (Å²) < 4.78 is 33.2. The van der Waals surface area contributed by atoms with Crippen molar-refractivity contribution in [1.29, 1.82) is 0 Å². The van der Waals surface area contributed by atoms with Gasteiger partial charge in [-0.1, -0.05) is 60.7 Å². The Kier molecular flexibility index (Phi) is 4.89. The molecule has 0 fully saturated rings. The Labute approximate surface area is 119 Å². The zero-order valence-electron chi connectivity index (χ0n) is 11.1. The van der Waals surface area contributed by atoms with E-state index in [4.69, 9.17) is 8.92 Å². The third kappa shape index (κ3) is 4.77. The molecule has 1 unspecified atom stereocenters. The molecular weight excluding hydrogens is 276 g/mol. The van der Waals surface area contributed by atoms with Crippen LogP contribution in [-0.2, 0) is 25.6 Å². The molecule has 1 atom stereocenters. The summed E-state index contributed by atoms with van der Waals surface area (Å²) in [5, 5.41) is 0. The van der Waals surface area contributed by atoms with Gasteiger partial charge in [-0.05, 0) is 5.56 Å². The van der Waals surface area contributed by atoms with E-state index >= 15 is 0 Å². The van der Waals surface area contributed by atoms with E-state index in [0.717, 1.165) is 11.8 Å². The fraction of sp³-hybridized carbons (Fsp3) is 0.200. The molecule has 20 heavy (non-hydrogen) atoms. The van der Waals surface area contributed by atoms with Gasteiger partial charge in [-0.3, -0.25) is 0 Å². The Morgan fingerprint density at radius 1 is 0.950 bits per heavy atom. The molecular formula is C15H16O4S. The maximum atomic E-state index is 11.3. The average Bonchev–Trinajstić information content (AvgIpc) is 2.44. The molecule has 0 amide bonds. The lowest BCUT2D eigenvalue weighted by atomic mass is 10.2. The molecule has 0 N–H and O–H groups in total. The standard InChI is InChI=1S/C15H16O4S/c1-20(16,17)19-15(14-10-6-3-7-11-14)18-12-13-8-4-2-5-9-13/h2-11,15H,12H2,1H3. The molecule has 4 nitrogen and oxygen atoms in total. The van der Waals surface area contributed by atoms with Gasteiger partial charge < -0.3 is 4.74 Å². The normalized spacial score (nSPS) is 13.1. The molecule has 0 aromatic heterocycles. The van der Waals surface area contributed by atoms with Crippen molar-refractivity contribution in [1.82, 2.24) is 0 Å². The summed E-state index contributed by atoms with van der Waals surface area (Å²) in [4.78, 5) is 0. The third-order valence-corrected chi connectivity index (χ3v) is 3.10. The van der Waals surface area contributed by atoms with Crippen LogP contribution in [0.3, 0.4) is 0 Å². The molecule has 2 aromatic rings. The van der Waals surface area contributed by atoms with Crippen molar-refractivity contribution in [2.75, 3.05) is 6.26 Å². The minimum Gasteiger partial charge on any atom is -0.343 e. The molecule has 0 saturated carbocycles. The second kappa shape index (κ2) is 6.65. The van der Waals surface area contributed by atoms with Gasteiger partial charge in [0.2, 0.25) is 6.29 Å². The topological polar surface area (TPSA) is 52.6 Å². The maximum Gasteiger partial charge on any atom is 0.267 e. The minimum absolute atomic E-state index is 0.274. The Morgan fingerprint density at radius 2 is 1.50 bits per heavy atom. The van der Waals surface area contributed by atoms with E-state index in [2.05, 4.69) is 0 Å². The van der Waals surface area contributed by atoms with Crippen LogP contribution in [0.15, 0.2) is 60.7 Å². The van der Waals surface area contributed by atoms with Crippen LogP contribution in [-0.4, -0.2) is 14.7 Å². The quantitative estimate of drug-likeness (QED) is 0.607. The SMILES string of the molecule is CS(=O)(=O)OC(OCc1ccccc1)c1ccccc1. The third-order valence-electron chi connectivity index (χ3n) is 2.58. The highest BCUT2D eigenvalue weighted by atomic mass is 32.2. The molecule has 106 valence electrons. The molecule has 0 aliphatic rings. The Morgan fingerprint density at radius 3 is 2.05 bits per heavy atom. The number of rotatable bonds is 6. The van der Waals surface area contributed by atoms with Crippen LogP contribution in [0.5, 0.6) is 0 Å². The number of benzene rings is 2. The Balaban J connectivity index is 2.11. The molecule has 2 aromatic carbocycles. The van der Waals surface area contributed by atoms with E-state index in [-0.39, 0.29) is 6.61 Å². The summed E-state index contributed by atoms with van der Waals surface area (Å²) >= 11 is 0. The first-order chi connectivity index (χ1) is 9.54. The highest BCUT2D eigenvalue weighted by Gasteiger charge is 2.18. The number of hydrogen-bond donors (Lipinski definition) is 0. The molecule has 5 heteroatoms. The van der Waals surface area contributed by atoms with Crippen molar-refractivity contribution in [3.05, 3.63) is 71.8 Å². The maximum absolute atomic E-state index is 11.3. The van der Waals surface area contributed by atoms with Gasteiger partial charge in [0.1, 0.15) is 0 Å². The molecule has 0 radical (unpaired) electrons. The summed E-state index contributed by atoms with van der Waals surface area (Å²) in [5.74, 6) is 0. The van der Waals surface area contributed by atoms with Crippen LogP contribution in [0.4, 0.5) is 0 Å². The Bertz CT molecular complexity index is 623. The van der Waals surface area contributed by atoms with Crippen molar-refractivity contribution in [2.45, 2.75) is 12.9 Å². The first-order valence-electron chi connectivity index (χ1n) is 6.13. The highest BCUT2D eigenvalue weighted by Crippen LogP contribution is 2.22. The number of ether oxygens (including phenoxy) is 1. The second-order valence-corrected chi connectivity index (χ2v) is 5.94. The fourth-order valence-electron chi connectivity index (χ4n) is 1.69. The summed E-state index contributed by atoms with van der Waals surface area (Å²) in [6.07, 6.45) is 0.0702. The number of hydrogen-bond acceptors (Lipinski definition) is 4. The van der Waals surface area contributed by atoms with Crippen LogP contribution in [0, 0.1) is 0 Å². The molecule has 0 bridgehead atoms. The van der Waals surface area contributed by atoms with Crippen LogP contribution >= 0.6 is 0 Å². The highest BCUT2D eigenvalue weighted by molar-refractivity contribution is 7.85. The van der Waals surface area contributed by atoms with Gasteiger partial charge in [-0.2, -0.15) is 8.42 Å². The molecule has 2 rings (SSSR count). The van der Waals surface area contributed by atoms with Crippen molar-refractivity contribution in [3.63, 3.8) is 0 Å². The molecule has 0 saturated heterocycles. The summed E-state index contributed by atoms with van der Waals surface area (Å²) in [6, 6.07) is 18.5. The largest absolute Gasteiger partial charge is 0.343 e. The van der Waals surface area contributed by atoms with E-state index in [1.165, 1.54) is 0 Å². The smallest absolute Gasteiger partial charge is 0.267 e. The van der Waals surface area contributed by atoms with Crippen LogP contribution in [0.2, 0.25) is 0 Å². The predicted molar refractivity (Wildman–Crippen MR) is 76.3 cm³/mol. The van der Waals surface area contributed by atoms with Gasteiger partial charge in [-0.15, -0.1) is 0 Å². The van der Waals surface area contributed by atoms with Gasteiger partial charge >= 0.3 is 0 Å². The lowest BCUT2D eigenvalue weighted by Gasteiger charge is -2.17. The first-order valence-corrected chi connectivity index (χ1v) is 7.95. The zero-order chi connectivity index (χ0) is 14.4. The summed E-state index contributed by atoms with van der Waals surface area (Å²) in [7, 11) is -3.60. The Hall–Kier alpha value is -1.69. The molecule has 0 aliphatic carbocycles. The van der Waals surface area contributed by atoms with Gasteiger partial charge in [0, 0.05) is 5.56 Å². The van der Waals surface area contributed by atoms with Gasteiger partial charge in [0.15, 0.2) is 0 Å². The monoisotopic (exact) mass is 292 g/mol. The fourth-order valence-corrected chi connectivity index (χ4v) is 2.18. The van der Waals surface area contributed by atoms with Crippen molar-refractivity contribution < 1.29 is 17.3 Å². The average molecular weight is 292 g/mol. The first kappa shape index (κ1) is 14.7. The van der Waals surface area contributed by atoms with Crippen LogP contribution in [0.25, 0.3) is 0 Å². The molecule has 0 spiro atoms. The van der Waals surface area contributed by atoms with E-state index < -0.39 is 16.4 Å². The van der Waals surface area contributed by atoms with Crippen LogP contribution < -0.4 is 0 Å². The van der Waals surface area contributed by atoms with Crippen LogP contribution in [0.1, 0.15) is 17.4 Å². The molecule has 0 aliphatic heterocycles. The predicted octanol–water partition coefficient (Wildman–Crippen LogP) is 2.88. The lowest BCUT2D eigenvalue weighted by Crippen LogP contribution is -2.13. The second-order valence-electron chi connectivity index (χ2n) is 4.34. The van der Waals surface area contributed by atoms with E-state index in [1.54, 1.807) is 24.3 Å².